The van der Waals surface area contributed by atoms with Gasteiger partial charge in [0.15, 0.2) is 5.72 Å². The fraction of sp³-hybridized carbons (Fsp3) is 0.460. The maximum Gasteiger partial charge on any atom is 0.418 e. The van der Waals surface area contributed by atoms with E-state index in [1.54, 1.807) is 36.4 Å². The Kier molecular flexibility index (Phi) is 15.6. The summed E-state index contributed by atoms with van der Waals surface area (Å²) in [6, 6.07) is 14.2. The fourth-order valence-corrected chi connectivity index (χ4v) is 9.37. The van der Waals surface area contributed by atoms with Gasteiger partial charge < -0.3 is 30.7 Å². The number of hydrogen-bond acceptors (Lipinski definition) is 12. The van der Waals surface area contributed by atoms with E-state index in [-0.39, 0.29) is 61.7 Å². The maximum absolute atomic E-state index is 14.0. The Balaban J connectivity index is 0.797. The van der Waals surface area contributed by atoms with Crippen LogP contribution in [0.15, 0.2) is 60.7 Å². The summed E-state index contributed by atoms with van der Waals surface area (Å²) in [4.78, 5) is 118. The number of benzene rings is 3. The molecule has 0 aromatic heterocycles. The number of rotatable bonds is 22. The molecule has 2 unspecified atom stereocenters. The molecule has 7 rings (SSSR count). The summed E-state index contributed by atoms with van der Waals surface area (Å²) < 4.78 is 19.5. The van der Waals surface area contributed by atoms with E-state index in [9.17, 15) is 52.6 Å². The number of ether oxygens (including phenoxy) is 1. The normalized spacial score (nSPS) is 19.3. The number of unbranched alkanes of at least 4 members (excludes halogenated alkanes) is 8. The molecule has 3 aromatic rings. The van der Waals surface area contributed by atoms with E-state index >= 15 is 0 Å². The minimum absolute atomic E-state index is 0.0596. The second-order valence-corrected chi connectivity index (χ2v) is 18.3. The van der Waals surface area contributed by atoms with Gasteiger partial charge in [-0.05, 0) is 86.2 Å². The first-order valence-corrected chi connectivity index (χ1v) is 23.6. The van der Waals surface area contributed by atoms with E-state index in [0.717, 1.165) is 61.2 Å². The summed E-state index contributed by atoms with van der Waals surface area (Å²) in [5.74, 6) is -4.79. The third kappa shape index (κ3) is 11.5. The van der Waals surface area contributed by atoms with Gasteiger partial charge in [-0.3, -0.25) is 48.6 Å². The molecule has 18 nitrogen and oxygen atoms in total. The highest BCUT2D eigenvalue weighted by Crippen LogP contribution is 2.46. The fourth-order valence-electron chi connectivity index (χ4n) is 9.37. The van der Waals surface area contributed by atoms with Crippen molar-refractivity contribution < 1.29 is 57.4 Å². The number of anilines is 2. The van der Waals surface area contributed by atoms with Crippen LogP contribution in [0.1, 0.15) is 135 Å². The van der Waals surface area contributed by atoms with Gasteiger partial charge in [0.05, 0.1) is 17.7 Å². The number of nitrogens with one attached hydrogen (secondary N) is 4. The van der Waals surface area contributed by atoms with E-state index in [4.69, 9.17) is 4.74 Å². The molecule has 5 N–H and O–H groups in total. The first-order chi connectivity index (χ1) is 33.0. The molecule has 69 heavy (non-hydrogen) atoms. The Bertz CT molecular complexity index is 2530. The Hall–Kier alpha value is -7.02. The van der Waals surface area contributed by atoms with E-state index in [1.807, 2.05) is 0 Å². The van der Waals surface area contributed by atoms with Crippen LogP contribution in [-0.2, 0) is 52.1 Å². The molecule has 4 aliphatic rings. The minimum Gasteiger partial charge on any atom is -0.427 e. The van der Waals surface area contributed by atoms with Crippen molar-refractivity contribution in [2.45, 2.75) is 128 Å². The number of piperidine rings is 1. The summed E-state index contributed by atoms with van der Waals surface area (Å²) in [6.07, 6.45) is 8.29. The molecule has 366 valence electrons. The standard InChI is InChI=1S/C50H58FN7O11/c1-31(59)54-36-18-20-39-33(26-36)23-24-50(39)47(66)56(48(67)69-50)29-43(62)57(28-32-13-15-34(51)16-14-32)49(2,68)30-53-41(60)12-10-8-6-4-3-5-7-9-11-25-52-35-17-19-37-38(27-35)46(65)58(45(37)64)40-21-22-42(61)55-44(40)63/h13-20,26-27,40,52,68H,3-12,21-25,28-30H2,1-2H3,(H,53,60)(H,54,59)(H,55,61,63)/t40?,49?,50-/m1/s1. The zero-order chi connectivity index (χ0) is 49.5. The van der Waals surface area contributed by atoms with Gasteiger partial charge in [0, 0.05) is 56.2 Å². The van der Waals surface area contributed by atoms with E-state index < -0.39 is 71.3 Å². The summed E-state index contributed by atoms with van der Waals surface area (Å²) in [5.41, 5.74) is -0.315. The van der Waals surface area contributed by atoms with Crippen molar-refractivity contribution in [2.75, 3.05) is 30.3 Å². The molecular weight excluding hydrogens is 894 g/mol. The molecule has 2 fully saturated rings. The van der Waals surface area contributed by atoms with Crippen molar-refractivity contribution in [1.29, 1.82) is 0 Å². The van der Waals surface area contributed by atoms with Crippen molar-refractivity contribution in [3.05, 3.63) is 94.3 Å². The zero-order valence-electron chi connectivity index (χ0n) is 38.8. The van der Waals surface area contributed by atoms with Gasteiger partial charge in [0.1, 0.15) is 18.4 Å². The largest absolute Gasteiger partial charge is 0.427 e. The van der Waals surface area contributed by atoms with E-state index in [0.29, 0.717) is 52.4 Å². The highest BCUT2D eigenvalue weighted by molar-refractivity contribution is 6.23. The number of halogens is 1. The van der Waals surface area contributed by atoms with Gasteiger partial charge in [-0.25, -0.2) is 14.1 Å². The molecular formula is C50H58FN7O11. The van der Waals surface area contributed by atoms with Crippen LogP contribution in [0.25, 0.3) is 0 Å². The van der Waals surface area contributed by atoms with Crippen LogP contribution >= 0.6 is 0 Å². The summed E-state index contributed by atoms with van der Waals surface area (Å²) >= 11 is 0. The first kappa shape index (κ1) is 49.9. The van der Waals surface area contributed by atoms with Crippen molar-refractivity contribution in [3.8, 4) is 0 Å². The van der Waals surface area contributed by atoms with Crippen LogP contribution in [0.5, 0.6) is 0 Å². The van der Waals surface area contributed by atoms with Gasteiger partial charge >= 0.3 is 6.09 Å². The lowest BCUT2D eigenvalue weighted by atomic mass is 9.94. The van der Waals surface area contributed by atoms with Gasteiger partial charge in [0.2, 0.25) is 35.1 Å². The van der Waals surface area contributed by atoms with Crippen molar-refractivity contribution in [2.24, 2.45) is 0 Å². The highest BCUT2D eigenvalue weighted by atomic mass is 19.1. The van der Waals surface area contributed by atoms with Crippen LogP contribution in [-0.4, -0.2) is 105 Å². The highest BCUT2D eigenvalue weighted by Gasteiger charge is 2.58. The molecule has 0 radical (unpaired) electrons. The first-order valence-electron chi connectivity index (χ1n) is 23.6. The summed E-state index contributed by atoms with van der Waals surface area (Å²) in [7, 11) is 0. The molecule has 9 amide bonds. The zero-order valence-corrected chi connectivity index (χ0v) is 38.8. The molecule has 3 atom stereocenters. The average molecular weight is 952 g/mol. The predicted molar refractivity (Wildman–Crippen MR) is 247 cm³/mol. The smallest absolute Gasteiger partial charge is 0.418 e. The second kappa shape index (κ2) is 21.5. The lowest BCUT2D eigenvalue weighted by molar-refractivity contribution is -0.161. The number of nitrogens with zero attached hydrogens (tertiary/aromatic N) is 3. The third-order valence-corrected chi connectivity index (χ3v) is 13.1. The molecule has 1 aliphatic carbocycles. The molecule has 19 heteroatoms. The van der Waals surface area contributed by atoms with Crippen LogP contribution in [0.3, 0.4) is 0 Å². The van der Waals surface area contributed by atoms with Gasteiger partial charge in [-0.15, -0.1) is 0 Å². The van der Waals surface area contributed by atoms with Gasteiger partial charge in [0.25, 0.3) is 17.7 Å². The number of carbonyl (C=O) groups excluding carboxylic acids is 9. The monoisotopic (exact) mass is 951 g/mol. The van der Waals surface area contributed by atoms with Crippen molar-refractivity contribution in [3.63, 3.8) is 0 Å². The number of hydrogen-bond donors (Lipinski definition) is 5. The molecule has 0 saturated carbocycles. The Morgan fingerprint density at radius 1 is 0.855 bits per heavy atom. The van der Waals surface area contributed by atoms with Crippen LogP contribution in [0.2, 0.25) is 0 Å². The molecule has 2 saturated heterocycles. The number of aryl methyl sites for hydroxylation is 1. The third-order valence-electron chi connectivity index (χ3n) is 13.1. The average Bonchev–Trinajstić information content (AvgIpc) is 3.88. The summed E-state index contributed by atoms with van der Waals surface area (Å²) in [5, 5.41) is 22.6. The second-order valence-electron chi connectivity index (χ2n) is 18.3. The molecule has 3 aromatic carbocycles. The molecule has 1 spiro atoms. The number of amides is 9. The SMILES string of the molecule is CC(=O)Nc1ccc2c(c1)CC[C@@]21OC(=O)N(CC(=O)N(Cc2ccc(F)cc2)C(C)(O)CNC(=O)CCCCCCCCCCCNc2ccc3c(c2)C(=O)N(C2CCC(=O)NC2=O)C3=O)C1=O. The lowest BCUT2D eigenvalue weighted by Crippen LogP contribution is -2.58. The number of imide groups is 3. The molecule has 0 bridgehead atoms. The van der Waals surface area contributed by atoms with Crippen LogP contribution < -0.4 is 21.3 Å². The molecule has 3 heterocycles. The maximum atomic E-state index is 14.0. The van der Waals surface area contributed by atoms with Crippen LogP contribution in [0.4, 0.5) is 20.6 Å². The predicted octanol–water partition coefficient (Wildman–Crippen LogP) is 5.17. The van der Waals surface area contributed by atoms with Crippen LogP contribution in [0, 0.1) is 5.82 Å². The Morgan fingerprint density at radius 2 is 1.52 bits per heavy atom. The number of fused-ring (bicyclic) bond motifs is 3. The minimum atomic E-state index is -1.99. The van der Waals surface area contributed by atoms with Gasteiger partial charge in [-0.2, -0.15) is 0 Å². The number of aliphatic hydroxyl groups is 1. The van der Waals surface area contributed by atoms with Crippen molar-refractivity contribution in [1.82, 2.24) is 25.3 Å². The van der Waals surface area contributed by atoms with Crippen molar-refractivity contribution >= 4 is 64.7 Å². The molecule has 3 aliphatic heterocycles. The summed E-state index contributed by atoms with van der Waals surface area (Å²) in [6.45, 7) is 2.03. The number of carbonyl (C=O) groups is 9. The van der Waals surface area contributed by atoms with Gasteiger partial charge in [-0.1, -0.05) is 63.1 Å². The lowest BCUT2D eigenvalue weighted by Gasteiger charge is -2.38. The quantitative estimate of drug-likeness (QED) is 0.0498. The Morgan fingerprint density at radius 3 is 2.22 bits per heavy atom. The van der Waals surface area contributed by atoms with E-state index in [1.165, 1.54) is 38.1 Å². The Labute approximate surface area is 398 Å². The topological polar surface area (TPSA) is 241 Å². The van der Waals surface area contributed by atoms with E-state index in [2.05, 4.69) is 21.3 Å².